The van der Waals surface area contributed by atoms with Crippen LogP contribution in [-0.2, 0) is 48.9 Å². The first-order valence-corrected chi connectivity index (χ1v) is 20.4. The van der Waals surface area contributed by atoms with E-state index in [4.69, 9.17) is 9.47 Å². The standard InChI is InChI=1S/C50H54N2O8/c1-5-33-11-12-34-8-6-7-9-39(34)41(33)26-42-35(13-16-44(55)48(42)60-4)24-36(20-31-18-19-52-29-31)47(57)40-14-17-46(56)50(49(40)58,27-30-10-15-43(54)45(23-30)59-3)37-21-32(28-51-2)22-38(53)25-37/h6-19,21-23,25,29,36,40,46-47,51-57H,5,20,24,26-28H2,1-4H3/t36-,40-,46-,47-,50+/m0/s1. The number of aliphatic hydroxyl groups excluding tert-OH is 2. The molecule has 7 N–H and O–H groups in total. The van der Waals surface area contributed by atoms with Gasteiger partial charge in [0.2, 0.25) is 0 Å². The fourth-order valence-corrected chi connectivity index (χ4v) is 9.23. The number of methoxy groups -OCH3 is 2. The molecule has 312 valence electrons. The third-order valence-corrected chi connectivity index (χ3v) is 12.3. The molecule has 0 saturated heterocycles. The second-order valence-corrected chi connectivity index (χ2v) is 15.9. The normalized spacial score (nSPS) is 18.7. The number of aliphatic hydroxyl groups is 2. The van der Waals surface area contributed by atoms with Crippen LogP contribution in [0.15, 0.2) is 116 Å². The Bertz CT molecular complexity index is 2490. The number of aromatic nitrogens is 1. The van der Waals surface area contributed by atoms with Crippen molar-refractivity contribution in [3.63, 3.8) is 0 Å². The van der Waals surface area contributed by atoms with E-state index in [2.05, 4.69) is 41.5 Å². The van der Waals surface area contributed by atoms with E-state index >= 15 is 4.79 Å². The molecule has 1 aliphatic carbocycles. The first kappa shape index (κ1) is 42.1. The monoisotopic (exact) mass is 810 g/mol. The van der Waals surface area contributed by atoms with Crippen LogP contribution >= 0.6 is 0 Å². The summed E-state index contributed by atoms with van der Waals surface area (Å²) in [6.45, 7) is 2.52. The van der Waals surface area contributed by atoms with E-state index in [1.165, 1.54) is 24.8 Å². The number of rotatable bonds is 16. The molecule has 1 aromatic heterocycles. The molecule has 1 heterocycles. The summed E-state index contributed by atoms with van der Waals surface area (Å²) in [5.41, 5.74) is 4.95. The van der Waals surface area contributed by atoms with Gasteiger partial charge in [-0.05, 0) is 125 Å². The maximum absolute atomic E-state index is 15.5. The van der Waals surface area contributed by atoms with Gasteiger partial charge in [-0.15, -0.1) is 0 Å². The number of aromatic hydroxyl groups is 3. The molecular formula is C50H54N2O8. The van der Waals surface area contributed by atoms with Crippen LogP contribution in [0.2, 0.25) is 0 Å². The van der Waals surface area contributed by atoms with Gasteiger partial charge in [0.25, 0.3) is 0 Å². The number of ether oxygens (including phenoxy) is 2. The van der Waals surface area contributed by atoms with Crippen molar-refractivity contribution in [3.05, 3.63) is 160 Å². The SMILES string of the molecule is CCc1ccc2ccccc2c1Cc1c(C[C@H](Cc2cc[nH]c2)[C@H](O)[C@@H]2C=C[C@H](O)[C@@](Cc3ccc(O)c(OC)c3)(c3cc(O)cc(CNC)c3)C2=O)ccc(O)c1OC. The number of Topliss-reactive ketones (excluding diaryl/α,β-unsaturated/α-hetero) is 1. The summed E-state index contributed by atoms with van der Waals surface area (Å²) in [6.07, 6.45) is 6.29. The van der Waals surface area contributed by atoms with Gasteiger partial charge in [0.15, 0.2) is 28.8 Å². The number of carbonyl (C=O) groups excluding carboxylic acids is 1. The van der Waals surface area contributed by atoms with E-state index < -0.39 is 35.2 Å². The summed E-state index contributed by atoms with van der Waals surface area (Å²) < 4.78 is 11.3. The molecule has 10 nitrogen and oxygen atoms in total. The summed E-state index contributed by atoms with van der Waals surface area (Å²) in [7, 11) is 4.76. The Balaban J connectivity index is 1.33. The van der Waals surface area contributed by atoms with Gasteiger partial charge in [0.1, 0.15) is 5.75 Å². The van der Waals surface area contributed by atoms with Crippen LogP contribution in [0.25, 0.3) is 10.8 Å². The van der Waals surface area contributed by atoms with E-state index in [0.717, 1.165) is 39.4 Å². The summed E-state index contributed by atoms with van der Waals surface area (Å²) in [4.78, 5) is 18.6. The summed E-state index contributed by atoms with van der Waals surface area (Å²) in [5.74, 6) is -1.57. The minimum Gasteiger partial charge on any atom is -0.508 e. The first-order valence-electron chi connectivity index (χ1n) is 20.4. The Labute approximate surface area is 350 Å². The molecule has 10 heteroatoms. The van der Waals surface area contributed by atoms with E-state index in [-0.39, 0.29) is 29.4 Å². The van der Waals surface area contributed by atoms with Crippen molar-refractivity contribution in [1.29, 1.82) is 0 Å². The van der Waals surface area contributed by atoms with E-state index in [9.17, 15) is 25.5 Å². The van der Waals surface area contributed by atoms with Gasteiger partial charge < -0.3 is 45.3 Å². The van der Waals surface area contributed by atoms with Crippen molar-refractivity contribution in [2.24, 2.45) is 11.8 Å². The molecule has 0 bridgehead atoms. The molecule has 0 spiro atoms. The van der Waals surface area contributed by atoms with E-state index in [1.54, 1.807) is 50.6 Å². The summed E-state index contributed by atoms with van der Waals surface area (Å²) in [5, 5.41) is 62.7. The number of carbonyl (C=O) groups is 1. The highest BCUT2D eigenvalue weighted by atomic mass is 16.5. The molecule has 0 saturated carbocycles. The van der Waals surface area contributed by atoms with Crippen LogP contribution in [0.4, 0.5) is 0 Å². The summed E-state index contributed by atoms with van der Waals surface area (Å²) in [6, 6.07) is 27.7. The van der Waals surface area contributed by atoms with Gasteiger partial charge in [0.05, 0.1) is 37.8 Å². The average molecular weight is 811 g/mol. The number of nitrogens with one attached hydrogen (secondary N) is 2. The van der Waals surface area contributed by atoms with Crippen LogP contribution < -0.4 is 14.8 Å². The van der Waals surface area contributed by atoms with Crippen LogP contribution in [0.5, 0.6) is 28.7 Å². The van der Waals surface area contributed by atoms with Crippen LogP contribution in [0.1, 0.15) is 51.4 Å². The average Bonchev–Trinajstić information content (AvgIpc) is 3.77. The second-order valence-electron chi connectivity index (χ2n) is 15.9. The van der Waals surface area contributed by atoms with Gasteiger partial charge >= 0.3 is 0 Å². The highest BCUT2D eigenvalue weighted by molar-refractivity contribution is 5.96. The fourth-order valence-electron chi connectivity index (χ4n) is 9.23. The lowest BCUT2D eigenvalue weighted by Crippen LogP contribution is -2.55. The van der Waals surface area contributed by atoms with Crippen molar-refractivity contribution in [3.8, 4) is 28.7 Å². The molecule has 5 aromatic carbocycles. The minimum atomic E-state index is -1.65. The highest BCUT2D eigenvalue weighted by Gasteiger charge is 2.52. The molecule has 0 fully saturated rings. The Morgan fingerprint density at radius 1 is 0.817 bits per heavy atom. The van der Waals surface area contributed by atoms with E-state index in [1.807, 2.05) is 42.7 Å². The number of benzene rings is 5. The minimum absolute atomic E-state index is 0.0102. The molecule has 0 radical (unpaired) electrons. The highest BCUT2D eigenvalue weighted by Crippen LogP contribution is 2.45. The molecule has 5 atom stereocenters. The molecule has 60 heavy (non-hydrogen) atoms. The topological polar surface area (TPSA) is 164 Å². The molecule has 0 amide bonds. The van der Waals surface area contributed by atoms with Crippen LogP contribution in [0.3, 0.4) is 0 Å². The Hall–Kier alpha value is -6.07. The van der Waals surface area contributed by atoms with Crippen molar-refractivity contribution in [2.75, 3.05) is 21.3 Å². The van der Waals surface area contributed by atoms with Crippen molar-refractivity contribution in [2.45, 2.75) is 63.2 Å². The Morgan fingerprint density at radius 2 is 1.60 bits per heavy atom. The number of phenols is 3. The lowest BCUT2D eigenvalue weighted by molar-refractivity contribution is -0.136. The molecule has 6 aromatic rings. The lowest BCUT2D eigenvalue weighted by Gasteiger charge is -2.43. The predicted molar refractivity (Wildman–Crippen MR) is 233 cm³/mol. The molecule has 0 aliphatic heterocycles. The molecular weight excluding hydrogens is 757 g/mol. The molecule has 1 aliphatic rings. The van der Waals surface area contributed by atoms with Gasteiger partial charge in [-0.2, -0.15) is 0 Å². The number of aromatic amines is 1. The number of aryl methyl sites for hydroxylation is 1. The number of phenolic OH excluding ortho intramolecular Hbond substituents is 3. The third-order valence-electron chi connectivity index (χ3n) is 12.3. The lowest BCUT2D eigenvalue weighted by atomic mass is 9.60. The zero-order valence-corrected chi connectivity index (χ0v) is 34.5. The zero-order chi connectivity index (χ0) is 42.6. The number of hydrogen-bond donors (Lipinski definition) is 7. The van der Waals surface area contributed by atoms with Crippen LogP contribution in [0, 0.1) is 11.8 Å². The second kappa shape index (κ2) is 18.0. The van der Waals surface area contributed by atoms with Crippen molar-refractivity contribution >= 4 is 16.6 Å². The van der Waals surface area contributed by atoms with Crippen LogP contribution in [-0.4, -0.2) is 69.8 Å². The Kier molecular flexibility index (Phi) is 12.7. The Morgan fingerprint density at radius 3 is 2.33 bits per heavy atom. The van der Waals surface area contributed by atoms with Crippen molar-refractivity contribution in [1.82, 2.24) is 10.3 Å². The number of fused-ring (bicyclic) bond motifs is 1. The quantitative estimate of drug-likeness (QED) is 0.0500. The van der Waals surface area contributed by atoms with Gasteiger partial charge in [0, 0.05) is 30.9 Å². The smallest absolute Gasteiger partial charge is 0.164 e. The third kappa shape index (κ3) is 8.23. The molecule has 7 rings (SSSR count). The van der Waals surface area contributed by atoms with E-state index in [0.29, 0.717) is 48.2 Å². The molecule has 0 unspecified atom stereocenters. The van der Waals surface area contributed by atoms with Gasteiger partial charge in [-0.25, -0.2) is 0 Å². The van der Waals surface area contributed by atoms with Crippen molar-refractivity contribution < 1.29 is 39.8 Å². The maximum Gasteiger partial charge on any atom is 0.164 e. The maximum atomic E-state index is 15.5. The summed E-state index contributed by atoms with van der Waals surface area (Å²) >= 11 is 0. The predicted octanol–water partition coefficient (Wildman–Crippen LogP) is 7.23. The van der Waals surface area contributed by atoms with Gasteiger partial charge in [-0.1, -0.05) is 73.7 Å². The fraction of sp³-hybridized carbons (Fsp3) is 0.300. The zero-order valence-electron chi connectivity index (χ0n) is 34.5. The number of hydrogen-bond acceptors (Lipinski definition) is 9. The number of H-pyrrole nitrogens is 1. The van der Waals surface area contributed by atoms with Gasteiger partial charge in [-0.3, -0.25) is 4.79 Å². The first-order chi connectivity index (χ1) is 29.0. The number of ketones is 1. The largest absolute Gasteiger partial charge is 0.508 e.